The van der Waals surface area contributed by atoms with Crippen molar-refractivity contribution in [1.82, 2.24) is 4.90 Å². The van der Waals surface area contributed by atoms with Crippen LogP contribution in [0.1, 0.15) is 27.9 Å². The van der Waals surface area contributed by atoms with E-state index in [2.05, 4.69) is 0 Å². The summed E-state index contributed by atoms with van der Waals surface area (Å²) in [6.45, 7) is 2.84. The Balaban J connectivity index is 1.85. The summed E-state index contributed by atoms with van der Waals surface area (Å²) in [7, 11) is 1.34. The molecule has 0 radical (unpaired) electrons. The second-order valence-corrected chi connectivity index (χ2v) is 6.73. The number of aryl methyl sites for hydroxylation is 1. The zero-order valence-electron chi connectivity index (χ0n) is 15.5. The number of alkyl halides is 1. The van der Waals surface area contributed by atoms with Gasteiger partial charge < -0.3 is 9.64 Å². The largest absolute Gasteiger partial charge is 0.465 e. The van der Waals surface area contributed by atoms with E-state index < -0.39 is 12.1 Å². The quantitative estimate of drug-likeness (QED) is 0.766. The third-order valence-electron chi connectivity index (χ3n) is 4.66. The summed E-state index contributed by atoms with van der Waals surface area (Å²) in [5.74, 6) is -0.403. The van der Waals surface area contributed by atoms with Crippen molar-refractivity contribution in [2.24, 2.45) is 0 Å². The van der Waals surface area contributed by atoms with E-state index >= 15 is 0 Å². The number of hydrogen-bond donors (Lipinski definition) is 0. The summed E-state index contributed by atoms with van der Waals surface area (Å²) >= 11 is 0. The summed E-state index contributed by atoms with van der Waals surface area (Å²) in [6, 6.07) is 14.4. The van der Waals surface area contributed by atoms with E-state index in [0.29, 0.717) is 25.1 Å². The molecule has 0 saturated carbocycles. The lowest BCUT2D eigenvalue weighted by Gasteiger charge is -2.28. The maximum absolute atomic E-state index is 13.6. The Kier molecular flexibility index (Phi) is 5.74. The van der Waals surface area contributed by atoms with Gasteiger partial charge in [0.2, 0.25) is 0 Å². The number of halogens is 1. The molecule has 0 aliphatic carbocycles. The van der Waals surface area contributed by atoms with Crippen LogP contribution in [0.15, 0.2) is 48.5 Å². The van der Waals surface area contributed by atoms with Gasteiger partial charge in [0.1, 0.15) is 6.17 Å². The van der Waals surface area contributed by atoms with Crippen LogP contribution in [-0.4, -0.2) is 43.3 Å². The van der Waals surface area contributed by atoms with Crippen molar-refractivity contribution in [1.29, 1.82) is 0 Å². The van der Waals surface area contributed by atoms with Crippen molar-refractivity contribution >= 4 is 17.7 Å². The van der Waals surface area contributed by atoms with E-state index in [-0.39, 0.29) is 12.6 Å². The zero-order valence-corrected chi connectivity index (χ0v) is 15.5. The Bertz CT molecular complexity index is 822. The number of carbonyl (C=O) groups is 2. The Morgan fingerprint density at radius 1 is 1.22 bits per heavy atom. The lowest BCUT2D eigenvalue weighted by Crippen LogP contribution is -2.42. The number of hydrogen-bond acceptors (Lipinski definition) is 3. The number of ether oxygens (including phenoxy) is 1. The van der Waals surface area contributed by atoms with E-state index in [0.717, 1.165) is 16.8 Å². The molecule has 27 heavy (non-hydrogen) atoms. The Hall–Kier alpha value is -2.89. The summed E-state index contributed by atoms with van der Waals surface area (Å²) in [5, 5.41) is 0. The van der Waals surface area contributed by atoms with Crippen LogP contribution in [0.2, 0.25) is 0 Å². The molecule has 142 valence electrons. The number of likely N-dealkylation sites (tertiary alicyclic amines) is 1. The number of carbonyl (C=O) groups excluding carboxylic acids is 2. The lowest BCUT2D eigenvalue weighted by atomic mass is 10.1. The van der Waals surface area contributed by atoms with E-state index in [9.17, 15) is 14.0 Å². The van der Waals surface area contributed by atoms with Crippen LogP contribution in [0.4, 0.5) is 14.9 Å². The SMILES string of the molecule is COC(=O)c1ccc(CN(C(=O)N2CC[C@@H](F)C2)c2cccc(C)c2)cc1. The smallest absolute Gasteiger partial charge is 0.337 e. The predicted octanol–water partition coefficient (Wildman–Crippen LogP) is 3.95. The van der Waals surface area contributed by atoms with Crippen LogP contribution in [0.5, 0.6) is 0 Å². The molecule has 2 aromatic carbocycles. The van der Waals surface area contributed by atoms with Gasteiger partial charge in [-0.15, -0.1) is 0 Å². The normalized spacial score (nSPS) is 16.3. The van der Waals surface area contributed by atoms with Gasteiger partial charge in [-0.1, -0.05) is 24.3 Å². The molecule has 2 aromatic rings. The fourth-order valence-electron chi connectivity index (χ4n) is 3.17. The molecule has 1 atom stereocenters. The van der Waals surface area contributed by atoms with Crippen LogP contribution in [-0.2, 0) is 11.3 Å². The third kappa shape index (κ3) is 4.45. The number of amides is 2. The molecule has 6 heteroatoms. The topological polar surface area (TPSA) is 49.9 Å². The maximum Gasteiger partial charge on any atom is 0.337 e. The Morgan fingerprint density at radius 3 is 2.56 bits per heavy atom. The highest BCUT2D eigenvalue weighted by Crippen LogP contribution is 2.23. The first-order chi connectivity index (χ1) is 13.0. The van der Waals surface area contributed by atoms with E-state index in [4.69, 9.17) is 4.74 Å². The second-order valence-electron chi connectivity index (χ2n) is 6.73. The molecule has 1 aliphatic rings. The van der Waals surface area contributed by atoms with Crippen molar-refractivity contribution in [2.45, 2.75) is 26.1 Å². The molecular formula is C21H23FN2O3. The first-order valence-corrected chi connectivity index (χ1v) is 8.92. The van der Waals surface area contributed by atoms with Gasteiger partial charge in [-0.2, -0.15) is 0 Å². The monoisotopic (exact) mass is 370 g/mol. The Morgan fingerprint density at radius 2 is 1.96 bits per heavy atom. The summed E-state index contributed by atoms with van der Waals surface area (Å²) in [6.07, 6.45) is -0.589. The minimum absolute atomic E-state index is 0.127. The van der Waals surface area contributed by atoms with Crippen molar-refractivity contribution in [3.63, 3.8) is 0 Å². The number of methoxy groups -OCH3 is 1. The van der Waals surface area contributed by atoms with Gasteiger partial charge in [0, 0.05) is 12.2 Å². The van der Waals surface area contributed by atoms with Gasteiger partial charge in [0.25, 0.3) is 0 Å². The maximum atomic E-state index is 13.6. The predicted molar refractivity (Wildman–Crippen MR) is 102 cm³/mol. The van der Waals surface area contributed by atoms with Gasteiger partial charge in [-0.3, -0.25) is 4.90 Å². The van der Waals surface area contributed by atoms with Gasteiger partial charge in [0.15, 0.2) is 0 Å². The highest BCUT2D eigenvalue weighted by Gasteiger charge is 2.30. The molecule has 0 unspecified atom stereocenters. The van der Waals surface area contributed by atoms with Crippen LogP contribution in [0.3, 0.4) is 0 Å². The van der Waals surface area contributed by atoms with Crippen LogP contribution >= 0.6 is 0 Å². The number of urea groups is 1. The van der Waals surface area contributed by atoms with Crippen LogP contribution in [0.25, 0.3) is 0 Å². The van der Waals surface area contributed by atoms with Crippen LogP contribution in [0, 0.1) is 6.92 Å². The molecule has 5 nitrogen and oxygen atoms in total. The van der Waals surface area contributed by atoms with Gasteiger partial charge in [0.05, 0.1) is 25.8 Å². The second kappa shape index (κ2) is 8.20. The zero-order chi connectivity index (χ0) is 19.4. The number of benzene rings is 2. The molecule has 1 heterocycles. The third-order valence-corrected chi connectivity index (χ3v) is 4.66. The van der Waals surface area contributed by atoms with E-state index in [1.54, 1.807) is 34.1 Å². The fourth-order valence-corrected chi connectivity index (χ4v) is 3.17. The highest BCUT2D eigenvalue weighted by molar-refractivity contribution is 5.92. The van der Waals surface area contributed by atoms with Crippen molar-refractivity contribution in [3.8, 4) is 0 Å². The summed E-state index contributed by atoms with van der Waals surface area (Å²) < 4.78 is 18.3. The number of nitrogens with zero attached hydrogens (tertiary/aromatic N) is 2. The fraction of sp³-hybridized carbons (Fsp3) is 0.333. The molecule has 0 N–H and O–H groups in total. The first kappa shape index (κ1) is 18.9. The minimum atomic E-state index is -0.965. The highest BCUT2D eigenvalue weighted by atomic mass is 19.1. The number of rotatable bonds is 4. The number of anilines is 1. The molecule has 1 fully saturated rings. The molecule has 0 spiro atoms. The molecule has 2 amide bonds. The van der Waals surface area contributed by atoms with E-state index in [1.165, 1.54) is 7.11 Å². The van der Waals surface area contributed by atoms with Crippen molar-refractivity contribution in [2.75, 3.05) is 25.1 Å². The average molecular weight is 370 g/mol. The van der Waals surface area contributed by atoms with Crippen molar-refractivity contribution in [3.05, 3.63) is 65.2 Å². The summed E-state index contributed by atoms with van der Waals surface area (Å²) in [5.41, 5.74) is 3.12. The standard InChI is InChI=1S/C21H23FN2O3/c1-15-4-3-5-19(12-15)24(21(26)23-11-10-18(22)14-23)13-16-6-8-17(9-7-16)20(25)27-2/h3-9,12,18H,10-11,13-14H2,1-2H3/t18-/m1/s1. The number of esters is 1. The van der Waals surface area contributed by atoms with Crippen molar-refractivity contribution < 1.29 is 18.7 Å². The van der Waals surface area contributed by atoms with Gasteiger partial charge in [-0.25, -0.2) is 14.0 Å². The lowest BCUT2D eigenvalue weighted by molar-refractivity contribution is 0.0600. The molecule has 1 aliphatic heterocycles. The molecular weight excluding hydrogens is 347 g/mol. The minimum Gasteiger partial charge on any atom is -0.465 e. The van der Waals surface area contributed by atoms with Crippen LogP contribution < -0.4 is 4.90 Å². The first-order valence-electron chi connectivity index (χ1n) is 8.92. The summed E-state index contributed by atoms with van der Waals surface area (Å²) in [4.78, 5) is 27.8. The van der Waals surface area contributed by atoms with Gasteiger partial charge >= 0.3 is 12.0 Å². The molecule has 0 aromatic heterocycles. The Labute approximate surface area is 158 Å². The molecule has 3 rings (SSSR count). The molecule has 1 saturated heterocycles. The molecule has 0 bridgehead atoms. The van der Waals surface area contributed by atoms with Gasteiger partial charge in [-0.05, 0) is 48.7 Å². The van der Waals surface area contributed by atoms with E-state index in [1.807, 2.05) is 31.2 Å². The average Bonchev–Trinajstić information content (AvgIpc) is 3.12.